The number of aromatic amines is 1. The summed E-state index contributed by atoms with van der Waals surface area (Å²) in [6, 6.07) is 0.455. The molecule has 9 nitrogen and oxygen atoms in total. The molecule has 2 aliphatic rings. The number of H-pyrrole nitrogens is 1. The van der Waals surface area contributed by atoms with Crippen molar-refractivity contribution in [3.8, 4) is 12.0 Å². The van der Waals surface area contributed by atoms with Gasteiger partial charge in [0.25, 0.3) is 0 Å². The van der Waals surface area contributed by atoms with Crippen molar-refractivity contribution in [3.63, 3.8) is 0 Å². The second-order valence-corrected chi connectivity index (χ2v) is 11.7. The van der Waals surface area contributed by atoms with E-state index in [0.717, 1.165) is 10.1 Å². The summed E-state index contributed by atoms with van der Waals surface area (Å²) in [5.74, 6) is 0. The molecule has 31 heavy (non-hydrogen) atoms. The molecule has 2 saturated heterocycles. The van der Waals surface area contributed by atoms with Crippen molar-refractivity contribution in [1.29, 1.82) is 0 Å². The molecule has 0 bridgehead atoms. The average molecular weight is 454 g/mol. The van der Waals surface area contributed by atoms with Crippen molar-refractivity contribution < 1.29 is 19.9 Å². The highest BCUT2D eigenvalue weighted by Gasteiger charge is 2.48. The lowest BCUT2D eigenvalue weighted by Gasteiger charge is -2.49. The summed E-state index contributed by atoms with van der Waals surface area (Å²) < 4.78 is 12.3. The quantitative estimate of drug-likeness (QED) is 0.686. The maximum absolute atomic E-state index is 12.6. The van der Waals surface area contributed by atoms with E-state index in [0.29, 0.717) is 25.7 Å². The molecule has 0 atom stereocenters. The van der Waals surface area contributed by atoms with Gasteiger partial charge in [-0.25, -0.2) is 0 Å². The number of nitrogens with zero attached hydrogens (tertiary/aromatic N) is 4. The highest BCUT2D eigenvalue weighted by molar-refractivity contribution is 7.71. The summed E-state index contributed by atoms with van der Waals surface area (Å²) in [7, 11) is 0. The normalized spacial score (nSPS) is 26.5. The monoisotopic (exact) mass is 453 g/mol. The molecular formula is C21H35N5O4S. The van der Waals surface area contributed by atoms with Crippen LogP contribution < -0.4 is 9.47 Å². The molecule has 1 N–H and O–H groups in total. The number of hydrogen-bond acceptors (Lipinski definition) is 7. The largest absolute Gasteiger partial charge is 0.461 e. The van der Waals surface area contributed by atoms with Crippen LogP contribution in [0.25, 0.3) is 0 Å². The molecular weight excluding hydrogens is 418 g/mol. The van der Waals surface area contributed by atoms with Crippen LogP contribution in [0.1, 0.15) is 81.1 Å². The molecule has 0 unspecified atom stereocenters. The van der Waals surface area contributed by atoms with Gasteiger partial charge in [0.1, 0.15) is 12.2 Å². The van der Waals surface area contributed by atoms with Gasteiger partial charge in [0.2, 0.25) is 4.77 Å². The Morgan fingerprint density at radius 1 is 0.742 bits per heavy atom. The van der Waals surface area contributed by atoms with E-state index in [4.69, 9.17) is 21.7 Å². The van der Waals surface area contributed by atoms with Crippen LogP contribution in [-0.4, -0.2) is 59.4 Å². The number of piperidine rings is 2. The first-order chi connectivity index (χ1) is 14.0. The molecule has 0 aliphatic carbocycles. The Morgan fingerprint density at radius 3 is 1.32 bits per heavy atom. The van der Waals surface area contributed by atoms with Crippen LogP contribution in [-0.2, 0) is 10.4 Å². The summed E-state index contributed by atoms with van der Waals surface area (Å²) in [6.45, 7) is 15.3. The van der Waals surface area contributed by atoms with E-state index in [2.05, 4.69) is 15.0 Å². The molecule has 2 radical (unpaired) electrons. The lowest BCUT2D eigenvalue weighted by molar-refractivity contribution is -0.297. The zero-order valence-corrected chi connectivity index (χ0v) is 20.6. The Hall–Kier alpha value is -1.33. The van der Waals surface area contributed by atoms with E-state index in [9.17, 15) is 10.4 Å². The van der Waals surface area contributed by atoms with E-state index in [1.807, 2.05) is 55.4 Å². The highest BCUT2D eigenvalue weighted by atomic mass is 32.1. The van der Waals surface area contributed by atoms with E-state index >= 15 is 0 Å². The van der Waals surface area contributed by atoms with Gasteiger partial charge in [-0.05, 0) is 67.6 Å². The molecule has 3 rings (SSSR count). The second kappa shape index (κ2) is 7.91. The summed E-state index contributed by atoms with van der Waals surface area (Å²) in [6.07, 6.45) is 1.84. The fraction of sp³-hybridized carbons (Fsp3) is 0.857. The Kier molecular flexibility index (Phi) is 6.21. The fourth-order valence-electron chi connectivity index (χ4n) is 5.28. The Balaban J connectivity index is 1.76. The minimum absolute atomic E-state index is 0.114. The number of hydroxylamine groups is 4. The van der Waals surface area contributed by atoms with Crippen LogP contribution in [0.3, 0.4) is 0 Å². The molecule has 3 heterocycles. The maximum Gasteiger partial charge on any atom is 0.300 e. The number of ether oxygens (including phenoxy) is 2. The first-order valence-corrected chi connectivity index (χ1v) is 11.2. The first kappa shape index (κ1) is 24.3. The Bertz CT molecular complexity index is 768. The first-order valence-electron chi connectivity index (χ1n) is 10.8. The molecule has 1 aromatic heterocycles. The molecule has 0 saturated carbocycles. The number of rotatable bonds is 4. The Labute approximate surface area is 189 Å². The van der Waals surface area contributed by atoms with Crippen molar-refractivity contribution in [2.75, 3.05) is 0 Å². The number of hydrogen-bond donors (Lipinski definition) is 1. The van der Waals surface area contributed by atoms with Crippen molar-refractivity contribution in [2.24, 2.45) is 0 Å². The van der Waals surface area contributed by atoms with Crippen molar-refractivity contribution in [3.05, 3.63) is 4.77 Å². The smallest absolute Gasteiger partial charge is 0.300 e. The average Bonchev–Trinajstić information content (AvgIpc) is 2.56. The van der Waals surface area contributed by atoms with Gasteiger partial charge < -0.3 is 9.47 Å². The molecule has 1 aromatic rings. The van der Waals surface area contributed by atoms with Gasteiger partial charge in [-0.15, -0.1) is 20.5 Å². The maximum atomic E-state index is 12.6. The lowest BCUT2D eigenvalue weighted by atomic mass is 9.80. The van der Waals surface area contributed by atoms with Crippen LogP contribution in [0.5, 0.6) is 12.0 Å². The van der Waals surface area contributed by atoms with Crippen molar-refractivity contribution in [1.82, 2.24) is 25.1 Å². The van der Waals surface area contributed by atoms with Crippen molar-refractivity contribution in [2.45, 2.75) is 115 Å². The topological polar surface area (TPSA) is 106 Å². The number of nitrogens with one attached hydrogen (secondary N) is 1. The van der Waals surface area contributed by atoms with Gasteiger partial charge in [0, 0.05) is 47.8 Å². The minimum Gasteiger partial charge on any atom is -0.461 e. The van der Waals surface area contributed by atoms with Crippen LogP contribution in [0, 0.1) is 4.77 Å². The third-order valence-electron chi connectivity index (χ3n) is 6.27. The highest BCUT2D eigenvalue weighted by Crippen LogP contribution is 2.39. The molecule has 174 valence electrons. The number of aromatic nitrogens is 3. The summed E-state index contributed by atoms with van der Waals surface area (Å²) in [4.78, 5) is 11.4. The SMILES string of the molecule is CC1(C)CC(Oc2nc(=S)nc(OC3CC(C)(C)N([O])C(C)(C)C3)[nH]2)CC(C)(C)N1[O]. The molecule has 2 aliphatic heterocycles. The van der Waals surface area contributed by atoms with Crippen LogP contribution in [0.4, 0.5) is 0 Å². The van der Waals surface area contributed by atoms with E-state index in [1.54, 1.807) is 0 Å². The molecule has 2 fully saturated rings. The third kappa shape index (κ3) is 5.19. The van der Waals surface area contributed by atoms with Gasteiger partial charge in [-0.2, -0.15) is 9.97 Å². The Morgan fingerprint density at radius 2 is 1.03 bits per heavy atom. The van der Waals surface area contributed by atoms with E-state index in [1.165, 1.54) is 0 Å². The summed E-state index contributed by atoms with van der Waals surface area (Å²) in [5, 5.41) is 27.5. The van der Waals surface area contributed by atoms with Gasteiger partial charge in [0.15, 0.2) is 0 Å². The van der Waals surface area contributed by atoms with Gasteiger partial charge >= 0.3 is 12.0 Å². The second-order valence-electron chi connectivity index (χ2n) is 11.4. The third-order valence-corrected chi connectivity index (χ3v) is 6.46. The summed E-state index contributed by atoms with van der Waals surface area (Å²) in [5.41, 5.74) is -2.23. The van der Waals surface area contributed by atoms with E-state index < -0.39 is 22.2 Å². The van der Waals surface area contributed by atoms with E-state index in [-0.39, 0.29) is 29.0 Å². The van der Waals surface area contributed by atoms with Gasteiger partial charge in [-0.1, -0.05) is 0 Å². The lowest BCUT2D eigenvalue weighted by Crippen LogP contribution is -2.60. The minimum atomic E-state index is -0.557. The molecule has 0 spiro atoms. The summed E-state index contributed by atoms with van der Waals surface area (Å²) >= 11 is 5.22. The zero-order chi connectivity index (χ0) is 23.4. The molecule has 0 aromatic carbocycles. The predicted molar refractivity (Wildman–Crippen MR) is 116 cm³/mol. The van der Waals surface area contributed by atoms with Crippen LogP contribution >= 0.6 is 12.2 Å². The van der Waals surface area contributed by atoms with Crippen LogP contribution in [0.15, 0.2) is 0 Å². The molecule has 10 heteroatoms. The fourth-order valence-corrected chi connectivity index (χ4v) is 5.45. The standard InChI is InChI=1S/C21H35N5O4S/c1-18(2)9-13(10-19(3,4)25(18)27)29-15-22-16(24-17(31)23-15)30-14-11-20(5,6)26(28)21(7,8)12-14/h13-14H,9-12H2,1-8H3,(H,22,23,24,31). The van der Waals surface area contributed by atoms with Gasteiger partial charge in [0.05, 0.1) is 0 Å². The zero-order valence-electron chi connectivity index (χ0n) is 19.8. The molecule has 0 amide bonds. The van der Waals surface area contributed by atoms with Gasteiger partial charge in [-0.3, -0.25) is 4.98 Å². The van der Waals surface area contributed by atoms with Crippen molar-refractivity contribution >= 4 is 12.2 Å². The van der Waals surface area contributed by atoms with Crippen LogP contribution in [0.2, 0.25) is 0 Å². The predicted octanol–water partition coefficient (Wildman–Crippen LogP) is 4.03.